The lowest BCUT2D eigenvalue weighted by Gasteiger charge is -2.08. The summed E-state index contributed by atoms with van der Waals surface area (Å²) < 4.78 is 32.1. The summed E-state index contributed by atoms with van der Waals surface area (Å²) in [4.78, 5) is 11.0. The quantitative estimate of drug-likeness (QED) is 0.644. The average Bonchev–Trinajstić information content (AvgIpc) is 2.27. The lowest BCUT2D eigenvalue weighted by Crippen LogP contribution is -2.12. The molecule has 0 radical (unpaired) electrons. The molecule has 0 aliphatic rings. The van der Waals surface area contributed by atoms with E-state index in [0.717, 1.165) is 5.39 Å². The van der Waals surface area contributed by atoms with E-state index in [1.54, 1.807) is 24.3 Å². The molecule has 6 heteroatoms. The van der Waals surface area contributed by atoms with Crippen LogP contribution in [0.25, 0.3) is 10.8 Å². The Morgan fingerprint density at radius 1 is 1.12 bits per heavy atom. The third kappa shape index (κ3) is 2.43. The van der Waals surface area contributed by atoms with Gasteiger partial charge in [-0.05, 0) is 16.8 Å². The number of carbonyl (C=O) groups excluding carboxylic acids is 1. The Balaban J connectivity index is 2.69. The number of anilines is 1. The first-order chi connectivity index (χ1) is 8.01. The molecule has 2 aromatic carbocycles. The normalized spacial score (nSPS) is 11.4. The van der Waals surface area contributed by atoms with Crippen LogP contribution in [0, 0.1) is 0 Å². The molecule has 0 saturated carbocycles. The van der Waals surface area contributed by atoms with Crippen LogP contribution in [0.5, 0.6) is 0 Å². The zero-order chi connectivity index (χ0) is 12.5. The lowest BCUT2D eigenvalue weighted by molar-refractivity contribution is 0.112. The summed E-state index contributed by atoms with van der Waals surface area (Å²) in [7, 11) is -4.39. The van der Waals surface area contributed by atoms with E-state index in [9.17, 15) is 13.2 Å². The zero-order valence-electron chi connectivity index (χ0n) is 8.62. The standard InChI is InChI=1S/C11H9NO4S/c13-7-10-9-4-2-1-3-8(9)5-6-11(10)12-17(14,15)16/h1-7,12H,(H,14,15,16). The number of aldehydes is 1. The van der Waals surface area contributed by atoms with Crippen molar-refractivity contribution < 1.29 is 17.8 Å². The first kappa shape index (κ1) is 11.6. The van der Waals surface area contributed by atoms with Gasteiger partial charge in [-0.2, -0.15) is 8.42 Å². The minimum atomic E-state index is -4.39. The minimum absolute atomic E-state index is 0.0567. The fraction of sp³-hybridized carbons (Fsp3) is 0. The first-order valence-electron chi connectivity index (χ1n) is 4.73. The van der Waals surface area contributed by atoms with Gasteiger partial charge in [-0.3, -0.25) is 14.1 Å². The molecule has 0 heterocycles. The molecule has 88 valence electrons. The van der Waals surface area contributed by atoms with Gasteiger partial charge in [-0.25, -0.2) is 0 Å². The number of nitrogens with one attached hydrogen (secondary N) is 1. The van der Waals surface area contributed by atoms with E-state index in [1.165, 1.54) is 6.07 Å². The molecule has 0 atom stereocenters. The molecule has 0 amide bonds. The van der Waals surface area contributed by atoms with Crippen LogP contribution in [0.3, 0.4) is 0 Å². The Labute approximate surface area is 98.0 Å². The summed E-state index contributed by atoms with van der Waals surface area (Å²) in [6.07, 6.45) is 0.551. The first-order valence-corrected chi connectivity index (χ1v) is 6.17. The van der Waals surface area contributed by atoms with Crippen molar-refractivity contribution in [3.8, 4) is 0 Å². The topological polar surface area (TPSA) is 83.5 Å². The predicted octanol–water partition coefficient (Wildman–Crippen LogP) is 1.87. The third-order valence-electron chi connectivity index (χ3n) is 2.33. The fourth-order valence-corrected chi connectivity index (χ4v) is 2.11. The Kier molecular flexibility index (Phi) is 2.83. The molecule has 0 aromatic heterocycles. The molecule has 5 nitrogen and oxygen atoms in total. The van der Waals surface area contributed by atoms with Crippen LogP contribution >= 0.6 is 0 Å². The van der Waals surface area contributed by atoms with E-state index in [4.69, 9.17) is 4.55 Å². The SMILES string of the molecule is O=Cc1c(NS(=O)(=O)O)ccc2ccccc12. The molecule has 0 bridgehead atoms. The van der Waals surface area contributed by atoms with E-state index >= 15 is 0 Å². The van der Waals surface area contributed by atoms with Crippen molar-refractivity contribution in [2.45, 2.75) is 0 Å². The summed E-state index contributed by atoms with van der Waals surface area (Å²) in [5.41, 5.74) is 0.252. The molecular weight excluding hydrogens is 242 g/mol. The molecule has 2 aromatic rings. The minimum Gasteiger partial charge on any atom is -0.298 e. The lowest BCUT2D eigenvalue weighted by atomic mass is 10.0. The number of hydrogen-bond acceptors (Lipinski definition) is 3. The maximum absolute atomic E-state index is 11.0. The average molecular weight is 251 g/mol. The summed E-state index contributed by atoms with van der Waals surface area (Å²) in [6, 6.07) is 10.2. The molecular formula is C11H9NO4S. The van der Waals surface area contributed by atoms with Gasteiger partial charge in [0.25, 0.3) is 0 Å². The summed E-state index contributed by atoms with van der Waals surface area (Å²) in [5, 5.41) is 1.44. The zero-order valence-corrected chi connectivity index (χ0v) is 9.44. The summed E-state index contributed by atoms with van der Waals surface area (Å²) in [5.74, 6) is 0. The van der Waals surface area contributed by atoms with Gasteiger partial charge in [-0.1, -0.05) is 30.3 Å². The Morgan fingerprint density at radius 2 is 1.82 bits per heavy atom. The van der Waals surface area contributed by atoms with Crippen molar-refractivity contribution in [3.05, 3.63) is 42.0 Å². The molecule has 2 N–H and O–H groups in total. The molecule has 0 spiro atoms. The van der Waals surface area contributed by atoms with Crippen LogP contribution in [0.1, 0.15) is 10.4 Å². The second kappa shape index (κ2) is 4.15. The van der Waals surface area contributed by atoms with Gasteiger partial charge in [0.1, 0.15) is 0 Å². The highest BCUT2D eigenvalue weighted by Crippen LogP contribution is 2.25. The molecule has 17 heavy (non-hydrogen) atoms. The highest BCUT2D eigenvalue weighted by Gasteiger charge is 2.11. The van der Waals surface area contributed by atoms with Gasteiger partial charge in [-0.15, -0.1) is 0 Å². The number of hydrogen-bond donors (Lipinski definition) is 2. The van der Waals surface area contributed by atoms with Crippen molar-refractivity contribution in [1.29, 1.82) is 0 Å². The van der Waals surface area contributed by atoms with Gasteiger partial charge in [0.15, 0.2) is 6.29 Å². The van der Waals surface area contributed by atoms with E-state index in [-0.39, 0.29) is 11.3 Å². The smallest absolute Gasteiger partial charge is 0.298 e. The van der Waals surface area contributed by atoms with Crippen molar-refractivity contribution in [1.82, 2.24) is 0 Å². The number of benzene rings is 2. The fourth-order valence-electron chi connectivity index (χ4n) is 1.65. The van der Waals surface area contributed by atoms with Gasteiger partial charge in [0, 0.05) is 5.56 Å². The summed E-state index contributed by atoms with van der Waals surface area (Å²) >= 11 is 0. The van der Waals surface area contributed by atoms with Crippen LogP contribution < -0.4 is 4.72 Å². The molecule has 0 aliphatic heterocycles. The largest absolute Gasteiger partial charge is 0.357 e. The van der Waals surface area contributed by atoms with Crippen molar-refractivity contribution >= 4 is 33.1 Å². The van der Waals surface area contributed by atoms with Crippen LogP contribution in [-0.4, -0.2) is 19.3 Å². The van der Waals surface area contributed by atoms with Gasteiger partial charge >= 0.3 is 10.3 Å². The predicted molar refractivity (Wildman–Crippen MR) is 64.5 cm³/mol. The maximum Gasteiger partial charge on any atom is 0.357 e. The molecule has 0 saturated heterocycles. The molecule has 0 unspecified atom stereocenters. The second-order valence-electron chi connectivity index (χ2n) is 3.44. The van der Waals surface area contributed by atoms with Crippen LogP contribution in [0.4, 0.5) is 5.69 Å². The third-order valence-corrected chi connectivity index (χ3v) is 2.81. The second-order valence-corrected chi connectivity index (χ2v) is 4.60. The molecule has 2 rings (SSSR count). The van der Waals surface area contributed by atoms with Crippen LogP contribution in [0.2, 0.25) is 0 Å². The maximum atomic E-state index is 11.0. The van der Waals surface area contributed by atoms with Gasteiger partial charge in [0.2, 0.25) is 0 Å². The van der Waals surface area contributed by atoms with Gasteiger partial charge < -0.3 is 0 Å². The van der Waals surface area contributed by atoms with Gasteiger partial charge in [0.05, 0.1) is 5.69 Å². The van der Waals surface area contributed by atoms with Crippen molar-refractivity contribution in [2.24, 2.45) is 0 Å². The van der Waals surface area contributed by atoms with Crippen LogP contribution in [0.15, 0.2) is 36.4 Å². The Morgan fingerprint density at radius 3 is 2.47 bits per heavy atom. The van der Waals surface area contributed by atoms with E-state index < -0.39 is 10.3 Å². The van der Waals surface area contributed by atoms with Crippen molar-refractivity contribution in [3.63, 3.8) is 0 Å². The van der Waals surface area contributed by atoms with E-state index in [0.29, 0.717) is 11.7 Å². The highest BCUT2D eigenvalue weighted by atomic mass is 32.2. The molecule has 0 fully saturated rings. The van der Waals surface area contributed by atoms with Crippen molar-refractivity contribution in [2.75, 3.05) is 4.72 Å². The number of rotatable bonds is 3. The Bertz CT molecular complexity index is 679. The summed E-state index contributed by atoms with van der Waals surface area (Å²) in [6.45, 7) is 0. The van der Waals surface area contributed by atoms with Crippen LogP contribution in [-0.2, 0) is 10.3 Å². The highest BCUT2D eigenvalue weighted by molar-refractivity contribution is 7.87. The van der Waals surface area contributed by atoms with E-state index in [1.807, 2.05) is 10.8 Å². The molecule has 0 aliphatic carbocycles. The monoisotopic (exact) mass is 251 g/mol. The van der Waals surface area contributed by atoms with E-state index in [2.05, 4.69) is 0 Å². The number of carbonyl (C=O) groups is 1. The number of fused-ring (bicyclic) bond motifs is 1. The Hall–Kier alpha value is -1.92.